The second kappa shape index (κ2) is 10.5. The highest BCUT2D eigenvalue weighted by molar-refractivity contribution is 6.00. The van der Waals surface area contributed by atoms with E-state index in [1.165, 1.54) is 65.6 Å². The van der Waals surface area contributed by atoms with Gasteiger partial charge in [-0.25, -0.2) is 4.79 Å². The Bertz CT molecular complexity index is 1500. The van der Waals surface area contributed by atoms with Crippen molar-refractivity contribution in [3.8, 4) is 11.3 Å². The first-order chi connectivity index (χ1) is 19.9. The van der Waals surface area contributed by atoms with Gasteiger partial charge >= 0.3 is 5.97 Å². The van der Waals surface area contributed by atoms with Crippen molar-refractivity contribution in [1.82, 2.24) is 14.8 Å². The van der Waals surface area contributed by atoms with Crippen LogP contribution in [0.15, 0.2) is 36.4 Å². The van der Waals surface area contributed by atoms with Crippen molar-refractivity contribution in [2.45, 2.75) is 95.8 Å². The number of rotatable bonds is 5. The molecule has 0 radical (unpaired) electrons. The summed E-state index contributed by atoms with van der Waals surface area (Å²) in [6.45, 7) is 7.94. The van der Waals surface area contributed by atoms with E-state index in [0.717, 1.165) is 51.0 Å². The van der Waals surface area contributed by atoms with Crippen LogP contribution in [0.1, 0.15) is 98.7 Å². The number of benzene rings is 2. The van der Waals surface area contributed by atoms with E-state index in [0.29, 0.717) is 17.5 Å². The maximum atomic E-state index is 13.6. The van der Waals surface area contributed by atoms with Crippen LogP contribution in [0, 0.1) is 0 Å². The number of aromatic carboxylic acids is 1. The van der Waals surface area contributed by atoms with Gasteiger partial charge in [-0.3, -0.25) is 9.69 Å². The van der Waals surface area contributed by atoms with Crippen molar-refractivity contribution >= 4 is 28.5 Å². The number of hydrogen-bond acceptors (Lipinski definition) is 4. The summed E-state index contributed by atoms with van der Waals surface area (Å²) in [5.74, 6) is -0.238. The molecule has 1 amide bonds. The first-order valence-electron chi connectivity index (χ1n) is 15.8. The number of fused-ring (bicyclic) bond motifs is 4. The van der Waals surface area contributed by atoms with Crippen LogP contribution in [-0.2, 0) is 11.3 Å². The summed E-state index contributed by atoms with van der Waals surface area (Å²) < 4.78 is 2.41. The summed E-state index contributed by atoms with van der Waals surface area (Å²) in [4.78, 5) is 30.4. The number of carboxylic acids is 1. The lowest BCUT2D eigenvalue weighted by atomic mass is 9.81. The summed E-state index contributed by atoms with van der Waals surface area (Å²) in [6, 6.07) is 12.7. The Morgan fingerprint density at radius 2 is 1.76 bits per heavy atom. The van der Waals surface area contributed by atoms with Gasteiger partial charge in [-0.1, -0.05) is 43.5 Å². The predicted molar refractivity (Wildman–Crippen MR) is 163 cm³/mol. The van der Waals surface area contributed by atoms with Crippen LogP contribution in [0.5, 0.6) is 0 Å². The van der Waals surface area contributed by atoms with Crippen LogP contribution in [0.4, 0.5) is 5.69 Å². The van der Waals surface area contributed by atoms with Crippen LogP contribution in [0.25, 0.3) is 22.2 Å². The number of anilines is 1. The number of likely N-dealkylation sites (tertiary alicyclic amines) is 1. The van der Waals surface area contributed by atoms with Gasteiger partial charge in [0, 0.05) is 42.1 Å². The molecule has 7 nitrogen and oxygen atoms in total. The van der Waals surface area contributed by atoms with Gasteiger partial charge in [-0.2, -0.15) is 0 Å². The zero-order chi connectivity index (χ0) is 28.2. The lowest BCUT2D eigenvalue weighted by Gasteiger charge is -2.37. The Balaban J connectivity index is 1.35. The van der Waals surface area contributed by atoms with Gasteiger partial charge in [-0.15, -0.1) is 0 Å². The number of amides is 1. The highest BCUT2D eigenvalue weighted by atomic mass is 16.4. The normalized spacial score (nSPS) is 23.0. The third kappa shape index (κ3) is 4.44. The standard InChI is InChI=1S/C34H42N4O3/c1-21(2)37-16-7-12-28(37)33(39)35-27-15-17-36-18-19-38-29-20-23(34(40)41)13-14-25(29)30(22-8-4-3-5-9-22)32(38)26-11-6-10-24(27)31(26)36/h6,10-11,13-14,20-22,27-28H,3-5,7-9,12,15-19H2,1-2H3,(H,35,39)(H,40,41)/t27-,28?/m1/s1. The van der Waals surface area contributed by atoms with Gasteiger partial charge < -0.3 is 19.9 Å². The fourth-order valence-corrected chi connectivity index (χ4v) is 8.33. The number of nitrogens with one attached hydrogen (secondary N) is 1. The lowest BCUT2D eigenvalue weighted by molar-refractivity contribution is -0.126. The molecule has 1 saturated carbocycles. The fourth-order valence-electron chi connectivity index (χ4n) is 8.33. The van der Waals surface area contributed by atoms with Crippen molar-refractivity contribution in [1.29, 1.82) is 0 Å². The molecular weight excluding hydrogens is 512 g/mol. The summed E-state index contributed by atoms with van der Waals surface area (Å²) in [5, 5.41) is 14.5. The molecule has 2 fully saturated rings. The van der Waals surface area contributed by atoms with Crippen LogP contribution < -0.4 is 10.2 Å². The van der Waals surface area contributed by atoms with Crippen molar-refractivity contribution in [3.63, 3.8) is 0 Å². The quantitative estimate of drug-likeness (QED) is 0.387. The Labute approximate surface area is 242 Å². The minimum Gasteiger partial charge on any atom is -0.478 e. The number of carbonyl (C=O) groups is 2. The second-order valence-electron chi connectivity index (χ2n) is 12.9. The van der Waals surface area contributed by atoms with Crippen LogP contribution in [0.2, 0.25) is 0 Å². The SMILES string of the molecule is CC(C)N1CCCC1C(=O)N[C@@H]1CCN2CCn3c(c(C4CCCCC4)c4ccc(C(=O)O)cc43)-c3cccc1c32. The summed E-state index contributed by atoms with van der Waals surface area (Å²) in [5.41, 5.74) is 7.76. The van der Waals surface area contributed by atoms with Crippen LogP contribution in [-0.4, -0.2) is 58.2 Å². The van der Waals surface area contributed by atoms with E-state index in [1.807, 2.05) is 6.07 Å². The van der Waals surface area contributed by atoms with Gasteiger partial charge in [0.05, 0.1) is 29.0 Å². The number of nitrogens with zero attached hydrogens (tertiary/aromatic N) is 3. The highest BCUT2D eigenvalue weighted by Gasteiger charge is 2.37. The predicted octanol–water partition coefficient (Wildman–Crippen LogP) is 6.31. The van der Waals surface area contributed by atoms with Crippen molar-refractivity contribution in [2.75, 3.05) is 24.5 Å². The van der Waals surface area contributed by atoms with Gasteiger partial charge in [0.2, 0.25) is 5.91 Å². The number of carboxylic acid groups (broad SMARTS) is 1. The second-order valence-corrected chi connectivity index (χ2v) is 12.9. The van der Waals surface area contributed by atoms with Crippen molar-refractivity contribution in [2.24, 2.45) is 0 Å². The first kappa shape index (κ1) is 26.6. The highest BCUT2D eigenvalue weighted by Crippen LogP contribution is 2.50. The minimum atomic E-state index is -0.880. The minimum absolute atomic E-state index is 0.00372. The molecule has 0 bridgehead atoms. The van der Waals surface area contributed by atoms with E-state index < -0.39 is 5.97 Å². The maximum absolute atomic E-state index is 13.6. The molecule has 41 heavy (non-hydrogen) atoms. The summed E-state index contributed by atoms with van der Waals surface area (Å²) in [6.07, 6.45) is 9.03. The van der Waals surface area contributed by atoms with E-state index in [-0.39, 0.29) is 18.0 Å². The third-order valence-electron chi connectivity index (χ3n) is 10.2. The van der Waals surface area contributed by atoms with E-state index in [4.69, 9.17) is 0 Å². The Kier molecular flexibility index (Phi) is 6.81. The van der Waals surface area contributed by atoms with Crippen molar-refractivity contribution < 1.29 is 14.7 Å². The Morgan fingerprint density at radius 1 is 0.927 bits per heavy atom. The molecule has 0 spiro atoms. The molecule has 2 atom stereocenters. The molecular formula is C34H42N4O3. The van der Waals surface area contributed by atoms with Gasteiger partial charge in [0.1, 0.15) is 0 Å². The first-order valence-corrected chi connectivity index (χ1v) is 15.8. The topological polar surface area (TPSA) is 77.8 Å². The number of aromatic nitrogens is 1. The largest absolute Gasteiger partial charge is 0.478 e. The molecule has 7 heteroatoms. The molecule has 7 rings (SSSR count). The summed E-state index contributed by atoms with van der Waals surface area (Å²) in [7, 11) is 0. The average Bonchev–Trinajstić information content (AvgIpc) is 3.56. The molecule has 1 saturated heterocycles. The van der Waals surface area contributed by atoms with E-state index in [9.17, 15) is 14.7 Å². The molecule has 2 N–H and O–H groups in total. The molecule has 3 aromatic rings. The van der Waals surface area contributed by atoms with E-state index >= 15 is 0 Å². The van der Waals surface area contributed by atoms with Gasteiger partial charge in [-0.05, 0) is 81.7 Å². The van der Waals surface area contributed by atoms with E-state index in [2.05, 4.69) is 57.8 Å². The molecule has 3 aliphatic heterocycles. The number of hydrogen-bond donors (Lipinski definition) is 2. The fraction of sp³-hybridized carbons (Fsp3) is 0.529. The van der Waals surface area contributed by atoms with Crippen molar-refractivity contribution in [3.05, 3.63) is 53.1 Å². The lowest BCUT2D eigenvalue weighted by Crippen LogP contribution is -2.48. The number of para-hydroxylation sites is 1. The Hall–Kier alpha value is -3.32. The van der Waals surface area contributed by atoms with Gasteiger partial charge in [0.25, 0.3) is 0 Å². The van der Waals surface area contributed by atoms with Gasteiger partial charge in [0.15, 0.2) is 0 Å². The van der Waals surface area contributed by atoms with Crippen LogP contribution >= 0.6 is 0 Å². The monoisotopic (exact) mass is 554 g/mol. The molecule has 2 aromatic carbocycles. The molecule has 1 unspecified atom stereocenters. The number of carbonyl (C=O) groups excluding carboxylic acids is 1. The van der Waals surface area contributed by atoms with E-state index in [1.54, 1.807) is 6.07 Å². The molecule has 1 aromatic heterocycles. The molecule has 1 aliphatic carbocycles. The zero-order valence-electron chi connectivity index (χ0n) is 24.4. The van der Waals surface area contributed by atoms with Crippen LogP contribution in [0.3, 0.4) is 0 Å². The Morgan fingerprint density at radius 3 is 2.54 bits per heavy atom. The molecule has 4 heterocycles. The molecule has 4 aliphatic rings. The average molecular weight is 555 g/mol. The zero-order valence-corrected chi connectivity index (χ0v) is 24.4. The molecule has 216 valence electrons. The third-order valence-corrected chi connectivity index (χ3v) is 10.2. The summed E-state index contributed by atoms with van der Waals surface area (Å²) >= 11 is 0. The maximum Gasteiger partial charge on any atom is 0.335 e. The smallest absolute Gasteiger partial charge is 0.335 e.